The lowest BCUT2D eigenvalue weighted by molar-refractivity contribution is -0.118. The smallest absolute Gasteiger partial charge is 0.230 e. The second kappa shape index (κ2) is 12.0. The van der Waals surface area contributed by atoms with Crippen molar-refractivity contribution in [1.82, 2.24) is 20.2 Å². The minimum Gasteiger partial charge on any atom is -0.485 e. The maximum absolute atomic E-state index is 12.2. The molecule has 0 saturated carbocycles. The number of ether oxygens (including phenoxy) is 1. The number of rotatable bonds is 11. The third-order valence-electron chi connectivity index (χ3n) is 4.93. The lowest BCUT2D eigenvalue weighted by atomic mass is 10.0. The van der Waals surface area contributed by atoms with Gasteiger partial charge in [-0.2, -0.15) is 0 Å². The fourth-order valence-electron chi connectivity index (χ4n) is 3.06. The van der Waals surface area contributed by atoms with Gasteiger partial charge in [0.15, 0.2) is 5.82 Å². The first-order chi connectivity index (χ1) is 15.8. The summed E-state index contributed by atoms with van der Waals surface area (Å²) >= 11 is 2.97. The Morgan fingerprint density at radius 1 is 1.09 bits per heavy atom. The summed E-state index contributed by atoms with van der Waals surface area (Å²) in [5.74, 6) is 8.78. The van der Waals surface area contributed by atoms with Gasteiger partial charge in [0, 0.05) is 17.2 Å². The molecule has 0 spiro atoms. The number of carbonyl (C=O) groups excluding carboxylic acids is 1. The number of thioether (sulfide) groups is 2. The second-order valence-corrected chi connectivity index (χ2v) is 10.2. The summed E-state index contributed by atoms with van der Waals surface area (Å²) in [7, 11) is 0. The van der Waals surface area contributed by atoms with Gasteiger partial charge in [0.2, 0.25) is 11.1 Å². The quantitative estimate of drug-likeness (QED) is 0.237. The molecule has 0 aliphatic carbocycles. The molecule has 3 N–H and O–H groups in total. The average molecular weight is 486 g/mol. The molecular weight excluding hydrogens is 454 g/mol. The van der Waals surface area contributed by atoms with Gasteiger partial charge in [0.25, 0.3) is 0 Å². The van der Waals surface area contributed by atoms with Crippen LogP contribution in [0.15, 0.2) is 52.5 Å². The van der Waals surface area contributed by atoms with E-state index >= 15 is 0 Å². The third kappa shape index (κ3) is 7.43. The van der Waals surface area contributed by atoms with Crippen LogP contribution in [0.4, 0.5) is 0 Å². The van der Waals surface area contributed by atoms with E-state index in [1.807, 2.05) is 13.0 Å². The van der Waals surface area contributed by atoms with E-state index < -0.39 is 0 Å². The minimum absolute atomic E-state index is 0.0633. The van der Waals surface area contributed by atoms with Crippen LogP contribution in [0.5, 0.6) is 5.75 Å². The van der Waals surface area contributed by atoms with E-state index in [0.717, 1.165) is 22.6 Å². The van der Waals surface area contributed by atoms with Gasteiger partial charge in [-0.05, 0) is 49.1 Å². The Morgan fingerprint density at radius 2 is 1.82 bits per heavy atom. The molecule has 2 aromatic carbocycles. The van der Waals surface area contributed by atoms with Crippen LogP contribution < -0.4 is 15.9 Å². The molecule has 0 saturated heterocycles. The monoisotopic (exact) mass is 485 g/mol. The van der Waals surface area contributed by atoms with Crippen molar-refractivity contribution in [2.75, 3.05) is 23.9 Å². The van der Waals surface area contributed by atoms with Crippen molar-refractivity contribution in [2.24, 2.45) is 0 Å². The summed E-state index contributed by atoms with van der Waals surface area (Å²) in [5.41, 5.74) is 3.50. The van der Waals surface area contributed by atoms with E-state index in [4.69, 9.17) is 10.6 Å². The van der Waals surface area contributed by atoms with Crippen LogP contribution in [-0.2, 0) is 11.4 Å². The van der Waals surface area contributed by atoms with Crippen LogP contribution in [0.2, 0.25) is 0 Å². The molecule has 1 aromatic heterocycles. The Kier molecular flexibility index (Phi) is 9.08. The highest BCUT2D eigenvalue weighted by Crippen LogP contribution is 2.28. The number of hydrogen-bond donors (Lipinski definition) is 2. The predicted octanol–water partition coefficient (Wildman–Crippen LogP) is 4.31. The molecule has 3 rings (SSSR count). The molecule has 33 heavy (non-hydrogen) atoms. The molecule has 0 unspecified atom stereocenters. The largest absolute Gasteiger partial charge is 0.485 e. The summed E-state index contributed by atoms with van der Waals surface area (Å²) < 4.78 is 7.38. The number of hydrogen-bond acceptors (Lipinski definition) is 7. The molecule has 176 valence electrons. The first-order valence-electron chi connectivity index (χ1n) is 10.8. The van der Waals surface area contributed by atoms with Crippen molar-refractivity contribution in [1.29, 1.82) is 0 Å². The highest BCUT2D eigenvalue weighted by atomic mass is 32.2. The standard InChI is InChI=1S/C24H31N5O2S2/c1-16(2)20-10-7-18(4)13-21(20)31-14-22-27-28-24(29(22)25)33-15-23(30)26-11-12-32-19-8-5-17(3)6-9-19/h5-10,13,16H,11-12,14-15,25H2,1-4H3,(H,26,30). The normalized spacial score (nSPS) is 11.1. The van der Waals surface area contributed by atoms with Gasteiger partial charge in [0.1, 0.15) is 12.4 Å². The molecule has 0 aliphatic heterocycles. The Labute approximate surface area is 203 Å². The van der Waals surface area contributed by atoms with Gasteiger partial charge in [0.05, 0.1) is 5.75 Å². The maximum atomic E-state index is 12.2. The molecule has 9 heteroatoms. The Morgan fingerprint density at radius 3 is 2.55 bits per heavy atom. The number of nitrogen functional groups attached to an aromatic ring is 1. The highest BCUT2D eigenvalue weighted by molar-refractivity contribution is 7.99. The van der Waals surface area contributed by atoms with Crippen molar-refractivity contribution < 1.29 is 9.53 Å². The molecule has 0 aliphatic rings. The second-order valence-electron chi connectivity index (χ2n) is 8.05. The van der Waals surface area contributed by atoms with Crippen molar-refractivity contribution in [3.63, 3.8) is 0 Å². The average Bonchev–Trinajstić information content (AvgIpc) is 3.14. The van der Waals surface area contributed by atoms with Crippen LogP contribution in [0.3, 0.4) is 0 Å². The van der Waals surface area contributed by atoms with Crippen LogP contribution in [0.1, 0.15) is 42.3 Å². The molecule has 7 nitrogen and oxygen atoms in total. The summed E-state index contributed by atoms with van der Waals surface area (Å²) in [5, 5.41) is 11.6. The third-order valence-corrected chi connectivity index (χ3v) is 6.89. The molecule has 0 atom stereocenters. The van der Waals surface area contributed by atoms with E-state index in [0.29, 0.717) is 23.4 Å². The zero-order valence-electron chi connectivity index (χ0n) is 19.5. The minimum atomic E-state index is -0.0633. The number of nitrogens with one attached hydrogen (secondary N) is 1. The number of benzene rings is 2. The first-order valence-corrected chi connectivity index (χ1v) is 12.8. The highest BCUT2D eigenvalue weighted by Gasteiger charge is 2.14. The van der Waals surface area contributed by atoms with Crippen LogP contribution in [0, 0.1) is 13.8 Å². The predicted molar refractivity (Wildman–Crippen MR) is 135 cm³/mol. The van der Waals surface area contributed by atoms with Crippen LogP contribution in [0.25, 0.3) is 0 Å². The van der Waals surface area contributed by atoms with Gasteiger partial charge < -0.3 is 15.9 Å². The SMILES string of the molecule is Cc1ccc(SCCNC(=O)CSc2nnc(COc3cc(C)ccc3C(C)C)n2N)cc1. The van der Waals surface area contributed by atoms with Gasteiger partial charge in [-0.25, -0.2) is 4.68 Å². The van der Waals surface area contributed by atoms with Crippen LogP contribution in [-0.4, -0.2) is 38.8 Å². The van der Waals surface area contributed by atoms with Crippen molar-refractivity contribution in [3.8, 4) is 5.75 Å². The first kappa shape index (κ1) is 25.0. The molecule has 1 heterocycles. The van der Waals surface area contributed by atoms with Crippen molar-refractivity contribution >= 4 is 29.4 Å². The van der Waals surface area contributed by atoms with E-state index in [9.17, 15) is 4.79 Å². The van der Waals surface area contributed by atoms with Gasteiger partial charge in [-0.3, -0.25) is 4.79 Å². The Hall–Kier alpha value is -2.65. The fourth-order valence-corrected chi connectivity index (χ4v) is 4.54. The van der Waals surface area contributed by atoms with Gasteiger partial charge in [-0.1, -0.05) is 55.4 Å². The summed E-state index contributed by atoms with van der Waals surface area (Å²) in [4.78, 5) is 13.4. The number of aromatic nitrogens is 3. The fraction of sp³-hybridized carbons (Fsp3) is 0.375. The Balaban J connectivity index is 1.43. The summed E-state index contributed by atoms with van der Waals surface area (Å²) in [6.07, 6.45) is 0. The molecule has 0 radical (unpaired) electrons. The maximum Gasteiger partial charge on any atom is 0.230 e. The summed E-state index contributed by atoms with van der Waals surface area (Å²) in [6, 6.07) is 14.5. The zero-order chi connectivity index (χ0) is 23.8. The number of amides is 1. The molecule has 1 amide bonds. The zero-order valence-corrected chi connectivity index (χ0v) is 21.1. The summed E-state index contributed by atoms with van der Waals surface area (Å²) in [6.45, 7) is 9.16. The van der Waals surface area contributed by atoms with E-state index in [1.165, 1.54) is 26.9 Å². The van der Waals surface area contributed by atoms with Crippen LogP contribution >= 0.6 is 23.5 Å². The molecular formula is C24H31N5O2S2. The number of nitrogens with zero attached hydrogens (tertiary/aromatic N) is 3. The van der Waals surface area contributed by atoms with E-state index in [-0.39, 0.29) is 18.3 Å². The molecule has 0 fully saturated rings. The van der Waals surface area contributed by atoms with E-state index in [1.54, 1.807) is 11.8 Å². The lowest BCUT2D eigenvalue weighted by Gasteiger charge is -2.14. The number of nitrogens with two attached hydrogens (primary N) is 1. The number of aryl methyl sites for hydroxylation is 2. The van der Waals surface area contributed by atoms with E-state index in [2.05, 4.69) is 72.7 Å². The van der Waals surface area contributed by atoms with Crippen molar-refractivity contribution in [2.45, 2.75) is 50.3 Å². The molecule has 3 aromatic rings. The van der Waals surface area contributed by atoms with Gasteiger partial charge in [-0.15, -0.1) is 22.0 Å². The molecule has 0 bridgehead atoms. The Bertz CT molecular complexity index is 1070. The van der Waals surface area contributed by atoms with Crippen molar-refractivity contribution in [3.05, 3.63) is 65.0 Å². The van der Waals surface area contributed by atoms with Gasteiger partial charge >= 0.3 is 0 Å². The topological polar surface area (TPSA) is 95.1 Å². The lowest BCUT2D eigenvalue weighted by Crippen LogP contribution is -2.27. The number of carbonyl (C=O) groups is 1.